The van der Waals surface area contributed by atoms with Crippen molar-refractivity contribution >= 4 is 0 Å². The molecule has 0 aliphatic heterocycles. The van der Waals surface area contributed by atoms with E-state index in [1.54, 1.807) is 6.08 Å². The molecule has 0 bridgehead atoms. The Morgan fingerprint density at radius 2 is 1.44 bits per heavy atom. The Hall–Kier alpha value is -0.920. The van der Waals surface area contributed by atoms with Crippen LogP contribution >= 0.6 is 0 Å². The molecule has 0 aliphatic carbocycles. The van der Waals surface area contributed by atoms with Gasteiger partial charge in [0.25, 0.3) is 6.08 Å². The Morgan fingerprint density at radius 1 is 1.33 bits per heavy atom. The zero-order valence-corrected chi connectivity index (χ0v) is 5.45. The predicted octanol–water partition coefficient (Wildman–Crippen LogP) is 3.15. The van der Waals surface area contributed by atoms with Crippen LogP contribution in [0, 0.1) is 0 Å². The molecule has 0 fully saturated rings. The van der Waals surface area contributed by atoms with Crippen molar-refractivity contribution in [3.8, 4) is 0 Å². The molecule has 0 atom stereocenters. The average molecular weight is 132 g/mol. The van der Waals surface area contributed by atoms with Crippen LogP contribution in [0.25, 0.3) is 0 Å². The lowest BCUT2D eigenvalue weighted by molar-refractivity contribution is 0.426. The summed E-state index contributed by atoms with van der Waals surface area (Å²) in [6.07, 6.45) is -0.111. The highest BCUT2D eigenvalue weighted by molar-refractivity contribution is 5.05. The zero-order valence-electron chi connectivity index (χ0n) is 5.45. The van der Waals surface area contributed by atoms with Gasteiger partial charge in [0.2, 0.25) is 0 Å². The van der Waals surface area contributed by atoms with Gasteiger partial charge in [-0.1, -0.05) is 24.8 Å². The van der Waals surface area contributed by atoms with Gasteiger partial charge in [-0.25, -0.2) is 0 Å². The standard InChI is InChI=1S/C5H8.C2H2F2/c1-4-5(2)3;1-2(3)4/h4H,1-2H2,3H3;1H2. The summed E-state index contributed by atoms with van der Waals surface area (Å²) in [5.41, 5.74) is 1.02. The van der Waals surface area contributed by atoms with Gasteiger partial charge in [-0.3, -0.25) is 0 Å². The maximum atomic E-state index is 10.1. The predicted molar refractivity (Wildman–Crippen MR) is 36.4 cm³/mol. The van der Waals surface area contributed by atoms with E-state index >= 15 is 0 Å². The fraction of sp³-hybridized carbons (Fsp3) is 0.143. The van der Waals surface area contributed by atoms with Gasteiger partial charge in [0.1, 0.15) is 0 Å². The summed E-state index contributed by atoms with van der Waals surface area (Å²) < 4.78 is 20.3. The van der Waals surface area contributed by atoms with Gasteiger partial charge >= 0.3 is 0 Å². The van der Waals surface area contributed by atoms with Crippen LogP contribution in [0.1, 0.15) is 6.92 Å². The van der Waals surface area contributed by atoms with Crippen molar-refractivity contribution in [2.75, 3.05) is 0 Å². The lowest BCUT2D eigenvalue weighted by atomic mass is 10.4. The topological polar surface area (TPSA) is 0 Å². The maximum Gasteiger partial charge on any atom is 0.263 e. The molecule has 0 N–H and O–H groups in total. The monoisotopic (exact) mass is 132 g/mol. The molecule has 0 unspecified atom stereocenters. The Balaban J connectivity index is 0. The molecular weight excluding hydrogens is 122 g/mol. The van der Waals surface area contributed by atoms with Gasteiger partial charge in [-0.05, 0) is 13.5 Å². The van der Waals surface area contributed by atoms with Crippen molar-refractivity contribution in [1.29, 1.82) is 0 Å². The third-order valence-electron chi connectivity index (χ3n) is 0.348. The molecule has 0 aromatic rings. The van der Waals surface area contributed by atoms with E-state index in [-0.39, 0.29) is 0 Å². The first-order valence-electron chi connectivity index (χ1n) is 2.28. The number of allylic oxidation sites excluding steroid dienone is 2. The molecular formula is C7H10F2. The molecule has 9 heavy (non-hydrogen) atoms. The summed E-state index contributed by atoms with van der Waals surface area (Å²) in [4.78, 5) is 0. The first kappa shape index (κ1) is 11.0. The van der Waals surface area contributed by atoms with E-state index in [0.717, 1.165) is 5.57 Å². The van der Waals surface area contributed by atoms with Gasteiger partial charge in [0.05, 0.1) is 0 Å². The summed E-state index contributed by atoms with van der Waals surface area (Å²) >= 11 is 0. The minimum Gasteiger partial charge on any atom is -0.174 e. The van der Waals surface area contributed by atoms with E-state index in [4.69, 9.17) is 0 Å². The molecule has 2 heteroatoms. The third-order valence-corrected chi connectivity index (χ3v) is 0.348. The Bertz CT molecular complexity index is 110. The molecule has 0 rings (SSSR count). The average Bonchev–Trinajstić information content (AvgIpc) is 1.65. The fourth-order valence-corrected chi connectivity index (χ4v) is 0. The van der Waals surface area contributed by atoms with Gasteiger partial charge in [-0.15, -0.1) is 0 Å². The second-order valence-corrected chi connectivity index (χ2v) is 1.39. The summed E-state index contributed by atoms with van der Waals surface area (Å²) in [6, 6.07) is 0. The van der Waals surface area contributed by atoms with E-state index in [0.29, 0.717) is 0 Å². The van der Waals surface area contributed by atoms with E-state index in [9.17, 15) is 8.78 Å². The van der Waals surface area contributed by atoms with Crippen LogP contribution in [0.15, 0.2) is 37.5 Å². The fourth-order valence-electron chi connectivity index (χ4n) is 0. The number of hydrogen-bond donors (Lipinski definition) is 0. The van der Waals surface area contributed by atoms with Gasteiger partial charge in [-0.2, -0.15) is 8.78 Å². The lowest BCUT2D eigenvalue weighted by Gasteiger charge is -1.71. The van der Waals surface area contributed by atoms with Gasteiger partial charge in [0, 0.05) is 0 Å². The molecule has 0 nitrogen and oxygen atoms in total. The van der Waals surface area contributed by atoms with Crippen LogP contribution < -0.4 is 0 Å². The van der Waals surface area contributed by atoms with Crippen molar-refractivity contribution in [3.63, 3.8) is 0 Å². The van der Waals surface area contributed by atoms with E-state index in [2.05, 4.69) is 19.7 Å². The Morgan fingerprint density at radius 3 is 1.44 bits per heavy atom. The molecule has 0 aliphatic rings. The molecule has 0 radical (unpaired) electrons. The molecule has 52 valence electrons. The molecule has 0 amide bonds. The van der Waals surface area contributed by atoms with Crippen molar-refractivity contribution < 1.29 is 8.78 Å². The smallest absolute Gasteiger partial charge is 0.174 e. The number of rotatable bonds is 1. The second-order valence-electron chi connectivity index (χ2n) is 1.39. The molecule has 0 saturated carbocycles. The minimum atomic E-state index is -1.83. The first-order chi connectivity index (χ1) is 4.00. The first-order valence-corrected chi connectivity index (χ1v) is 2.28. The minimum absolute atomic E-state index is 1.02. The third kappa shape index (κ3) is 157. The van der Waals surface area contributed by atoms with Gasteiger partial charge in [0.15, 0.2) is 0 Å². The highest BCUT2D eigenvalue weighted by Gasteiger charge is 1.65. The van der Waals surface area contributed by atoms with E-state index in [1.807, 2.05) is 6.92 Å². The largest absolute Gasteiger partial charge is 0.263 e. The molecule has 0 spiro atoms. The van der Waals surface area contributed by atoms with Crippen molar-refractivity contribution in [2.24, 2.45) is 0 Å². The highest BCUT2D eigenvalue weighted by atomic mass is 19.3. The summed E-state index contributed by atoms with van der Waals surface area (Å²) in [7, 11) is 0. The van der Waals surface area contributed by atoms with Crippen molar-refractivity contribution in [2.45, 2.75) is 6.92 Å². The Labute approximate surface area is 54.2 Å². The number of halogens is 2. The lowest BCUT2D eigenvalue weighted by Crippen LogP contribution is -1.50. The zero-order chi connectivity index (χ0) is 7.86. The van der Waals surface area contributed by atoms with Crippen molar-refractivity contribution in [1.82, 2.24) is 0 Å². The highest BCUT2D eigenvalue weighted by Crippen LogP contribution is 1.85. The van der Waals surface area contributed by atoms with Crippen LogP contribution in [0.4, 0.5) is 8.78 Å². The molecule has 0 saturated heterocycles. The van der Waals surface area contributed by atoms with Crippen LogP contribution in [-0.4, -0.2) is 0 Å². The Kier molecular flexibility index (Phi) is 8.62. The second kappa shape index (κ2) is 7.08. The summed E-state index contributed by atoms with van der Waals surface area (Å²) in [5.74, 6) is 0. The van der Waals surface area contributed by atoms with Crippen LogP contribution in [-0.2, 0) is 0 Å². The maximum absolute atomic E-state index is 10.1. The van der Waals surface area contributed by atoms with E-state index < -0.39 is 6.08 Å². The molecule has 0 aromatic heterocycles. The van der Waals surface area contributed by atoms with Crippen molar-refractivity contribution in [3.05, 3.63) is 37.5 Å². The number of hydrogen-bond acceptors (Lipinski definition) is 0. The summed E-state index contributed by atoms with van der Waals surface area (Å²) in [5, 5.41) is 0. The summed E-state index contributed by atoms with van der Waals surface area (Å²) in [6.45, 7) is 11.1. The van der Waals surface area contributed by atoms with E-state index in [1.165, 1.54) is 0 Å². The van der Waals surface area contributed by atoms with Crippen LogP contribution in [0.3, 0.4) is 0 Å². The molecule has 0 aromatic carbocycles. The normalized spacial score (nSPS) is 6.56. The van der Waals surface area contributed by atoms with Gasteiger partial charge < -0.3 is 0 Å². The quantitative estimate of drug-likeness (QED) is 0.481. The SMILES string of the molecule is C=C(F)F.C=CC(=C)C. The van der Waals surface area contributed by atoms with Crippen LogP contribution in [0.2, 0.25) is 0 Å². The van der Waals surface area contributed by atoms with Crippen LogP contribution in [0.5, 0.6) is 0 Å². The molecule has 0 heterocycles.